The molecular formula is C14H26N2OS. The normalized spacial score (nSPS) is 18.5. The standard InChI is InChI=1S/C14H26N2OS/c1-10(2)13(16(4)11(3)17)14(18)15-12-8-6-5-7-9-12/h10,12-13H,5-9H2,1-4H3,(H,15,18)/t13-/m0/s1. The van der Waals surface area contributed by atoms with E-state index < -0.39 is 0 Å². The van der Waals surface area contributed by atoms with E-state index in [1.807, 2.05) is 7.05 Å². The Kier molecular flexibility index (Phi) is 6.06. The van der Waals surface area contributed by atoms with Crippen molar-refractivity contribution in [1.82, 2.24) is 10.2 Å². The molecule has 1 saturated carbocycles. The Balaban J connectivity index is 2.61. The van der Waals surface area contributed by atoms with Crippen molar-refractivity contribution in [1.29, 1.82) is 0 Å². The van der Waals surface area contributed by atoms with Gasteiger partial charge in [0.05, 0.1) is 11.0 Å². The lowest BCUT2D eigenvalue weighted by molar-refractivity contribution is -0.129. The van der Waals surface area contributed by atoms with E-state index in [4.69, 9.17) is 12.2 Å². The smallest absolute Gasteiger partial charge is 0.219 e. The maximum absolute atomic E-state index is 11.5. The van der Waals surface area contributed by atoms with Crippen LogP contribution < -0.4 is 5.32 Å². The minimum absolute atomic E-state index is 0.0134. The Hall–Kier alpha value is -0.640. The van der Waals surface area contributed by atoms with Gasteiger partial charge in [0.1, 0.15) is 0 Å². The summed E-state index contributed by atoms with van der Waals surface area (Å²) in [5.74, 6) is 0.406. The molecular weight excluding hydrogens is 244 g/mol. The van der Waals surface area contributed by atoms with Crippen LogP contribution in [-0.2, 0) is 4.79 Å². The van der Waals surface area contributed by atoms with Crippen molar-refractivity contribution in [2.24, 2.45) is 5.92 Å². The second-order valence-corrected chi connectivity index (χ2v) is 6.10. The largest absolute Gasteiger partial charge is 0.375 e. The predicted molar refractivity (Wildman–Crippen MR) is 79.7 cm³/mol. The lowest BCUT2D eigenvalue weighted by Gasteiger charge is -2.34. The van der Waals surface area contributed by atoms with E-state index in [9.17, 15) is 4.79 Å². The van der Waals surface area contributed by atoms with Gasteiger partial charge in [0.2, 0.25) is 5.91 Å². The van der Waals surface area contributed by atoms with E-state index in [0.29, 0.717) is 12.0 Å². The molecule has 0 aliphatic heterocycles. The van der Waals surface area contributed by atoms with Gasteiger partial charge in [0, 0.05) is 20.0 Å². The molecule has 0 radical (unpaired) electrons. The van der Waals surface area contributed by atoms with Gasteiger partial charge in [0.15, 0.2) is 0 Å². The predicted octanol–water partition coefficient (Wildman–Crippen LogP) is 2.74. The molecule has 0 saturated heterocycles. The van der Waals surface area contributed by atoms with Gasteiger partial charge in [-0.15, -0.1) is 0 Å². The minimum atomic E-state index is 0.0134. The van der Waals surface area contributed by atoms with Gasteiger partial charge in [-0.3, -0.25) is 4.79 Å². The summed E-state index contributed by atoms with van der Waals surface area (Å²) in [6.07, 6.45) is 6.32. The molecule has 0 bridgehead atoms. The number of hydrogen-bond acceptors (Lipinski definition) is 2. The summed E-state index contributed by atoms with van der Waals surface area (Å²) in [6, 6.07) is 0.521. The highest BCUT2D eigenvalue weighted by atomic mass is 32.1. The number of carbonyl (C=O) groups excluding carboxylic acids is 1. The summed E-state index contributed by atoms with van der Waals surface area (Å²) in [7, 11) is 1.84. The molecule has 0 aromatic heterocycles. The Morgan fingerprint density at radius 2 is 1.83 bits per heavy atom. The first-order valence-corrected chi connectivity index (χ1v) is 7.38. The number of nitrogens with one attached hydrogen (secondary N) is 1. The third kappa shape index (κ3) is 4.23. The first kappa shape index (κ1) is 15.4. The number of rotatable bonds is 4. The highest BCUT2D eigenvalue weighted by Gasteiger charge is 2.26. The zero-order valence-corrected chi connectivity index (χ0v) is 12.8. The SMILES string of the molecule is CC(=O)N(C)[C@H](C(=S)NC1CCCCC1)C(C)C. The zero-order valence-electron chi connectivity index (χ0n) is 12.0. The monoisotopic (exact) mass is 270 g/mol. The Bertz CT molecular complexity index is 298. The van der Waals surface area contributed by atoms with Crippen LogP contribution in [0.15, 0.2) is 0 Å². The van der Waals surface area contributed by atoms with Gasteiger partial charge >= 0.3 is 0 Å². The molecule has 1 rings (SSSR count). The number of hydrogen-bond donors (Lipinski definition) is 1. The van der Waals surface area contributed by atoms with Crippen LogP contribution >= 0.6 is 12.2 Å². The second-order valence-electron chi connectivity index (χ2n) is 5.66. The lowest BCUT2D eigenvalue weighted by atomic mass is 9.94. The molecule has 3 nitrogen and oxygen atoms in total. The maximum Gasteiger partial charge on any atom is 0.219 e. The van der Waals surface area contributed by atoms with Crippen LogP contribution in [0.3, 0.4) is 0 Å². The summed E-state index contributed by atoms with van der Waals surface area (Å²) in [4.78, 5) is 14.1. The van der Waals surface area contributed by atoms with Crippen molar-refractivity contribution in [3.8, 4) is 0 Å². The van der Waals surface area contributed by atoms with Crippen LogP contribution in [0.25, 0.3) is 0 Å². The van der Waals surface area contributed by atoms with Crippen LogP contribution in [-0.4, -0.2) is 34.9 Å². The van der Waals surface area contributed by atoms with Gasteiger partial charge in [0.25, 0.3) is 0 Å². The highest BCUT2D eigenvalue weighted by Crippen LogP contribution is 2.19. The Morgan fingerprint density at radius 3 is 2.28 bits per heavy atom. The number of carbonyl (C=O) groups is 1. The summed E-state index contributed by atoms with van der Waals surface area (Å²) in [5.41, 5.74) is 0. The molecule has 1 aliphatic rings. The molecule has 1 N–H and O–H groups in total. The van der Waals surface area contributed by atoms with Gasteiger partial charge in [-0.1, -0.05) is 45.3 Å². The highest BCUT2D eigenvalue weighted by molar-refractivity contribution is 7.80. The van der Waals surface area contributed by atoms with Crippen molar-refractivity contribution in [2.75, 3.05) is 7.05 Å². The summed E-state index contributed by atoms with van der Waals surface area (Å²) >= 11 is 5.52. The van der Waals surface area contributed by atoms with E-state index in [0.717, 1.165) is 4.99 Å². The third-order valence-electron chi connectivity index (χ3n) is 3.77. The number of nitrogens with zero attached hydrogens (tertiary/aromatic N) is 1. The number of likely N-dealkylation sites (N-methyl/N-ethyl adjacent to an activating group) is 1. The van der Waals surface area contributed by atoms with E-state index in [2.05, 4.69) is 19.2 Å². The molecule has 1 aliphatic carbocycles. The molecule has 0 aromatic rings. The van der Waals surface area contributed by atoms with Crippen molar-refractivity contribution < 1.29 is 4.79 Å². The Labute approximate surface area is 116 Å². The van der Waals surface area contributed by atoms with Crippen LogP contribution in [0.5, 0.6) is 0 Å². The molecule has 1 fully saturated rings. The fraction of sp³-hybridized carbons (Fsp3) is 0.857. The lowest BCUT2D eigenvalue weighted by Crippen LogP contribution is -2.51. The summed E-state index contributed by atoms with van der Waals surface area (Å²) in [5, 5.41) is 3.47. The van der Waals surface area contributed by atoms with E-state index >= 15 is 0 Å². The topological polar surface area (TPSA) is 32.3 Å². The van der Waals surface area contributed by atoms with Crippen LogP contribution in [0.2, 0.25) is 0 Å². The average molecular weight is 270 g/mol. The van der Waals surface area contributed by atoms with Crippen molar-refractivity contribution in [2.45, 2.75) is 65.0 Å². The maximum atomic E-state index is 11.5. The summed E-state index contributed by atoms with van der Waals surface area (Å²) < 4.78 is 0. The fourth-order valence-electron chi connectivity index (χ4n) is 2.66. The van der Waals surface area contributed by atoms with E-state index in [1.165, 1.54) is 32.1 Å². The molecule has 104 valence electrons. The average Bonchev–Trinajstić information content (AvgIpc) is 2.29. The molecule has 4 heteroatoms. The molecule has 1 amide bonds. The third-order valence-corrected chi connectivity index (χ3v) is 4.12. The molecule has 0 unspecified atom stereocenters. The van der Waals surface area contributed by atoms with Crippen molar-refractivity contribution >= 4 is 23.1 Å². The van der Waals surface area contributed by atoms with Crippen LogP contribution in [0.1, 0.15) is 52.9 Å². The Morgan fingerprint density at radius 1 is 1.28 bits per heavy atom. The van der Waals surface area contributed by atoms with Gasteiger partial charge in [-0.25, -0.2) is 0 Å². The molecule has 0 heterocycles. The second kappa shape index (κ2) is 7.07. The van der Waals surface area contributed by atoms with Gasteiger partial charge in [-0.2, -0.15) is 0 Å². The van der Waals surface area contributed by atoms with Gasteiger partial charge < -0.3 is 10.2 Å². The van der Waals surface area contributed by atoms with Gasteiger partial charge in [-0.05, 0) is 18.8 Å². The first-order valence-electron chi connectivity index (χ1n) is 6.97. The fourth-order valence-corrected chi connectivity index (χ4v) is 3.25. The molecule has 18 heavy (non-hydrogen) atoms. The van der Waals surface area contributed by atoms with Crippen molar-refractivity contribution in [3.05, 3.63) is 0 Å². The van der Waals surface area contributed by atoms with Crippen molar-refractivity contribution in [3.63, 3.8) is 0 Å². The number of amides is 1. The molecule has 0 aromatic carbocycles. The molecule has 1 atom stereocenters. The van der Waals surface area contributed by atoms with Crippen LogP contribution in [0, 0.1) is 5.92 Å². The zero-order chi connectivity index (χ0) is 13.7. The van der Waals surface area contributed by atoms with E-state index in [-0.39, 0.29) is 11.9 Å². The first-order chi connectivity index (χ1) is 8.43. The minimum Gasteiger partial charge on any atom is -0.375 e. The quantitative estimate of drug-likeness (QED) is 0.797. The van der Waals surface area contributed by atoms with E-state index in [1.54, 1.807) is 11.8 Å². The molecule has 0 spiro atoms. The number of thiocarbonyl (C=S) groups is 1. The summed E-state index contributed by atoms with van der Waals surface area (Å²) in [6.45, 7) is 5.82. The van der Waals surface area contributed by atoms with Crippen LogP contribution in [0.4, 0.5) is 0 Å².